The van der Waals surface area contributed by atoms with Gasteiger partial charge in [-0.15, -0.1) is 5.10 Å². The third-order valence-electron chi connectivity index (χ3n) is 6.54. The maximum atomic E-state index is 13.1. The fraction of sp³-hybridized carbons (Fsp3) is 0.370. The molecule has 1 atom stereocenters. The van der Waals surface area contributed by atoms with Crippen LogP contribution in [0.5, 0.6) is 11.5 Å². The van der Waals surface area contributed by atoms with Gasteiger partial charge in [-0.2, -0.15) is 0 Å². The number of rotatable bonds is 10. The first-order valence-electron chi connectivity index (χ1n) is 12.6. The smallest absolute Gasteiger partial charge is 0.327 e. The summed E-state index contributed by atoms with van der Waals surface area (Å²) in [5, 5.41) is 13.1. The fourth-order valence-electron chi connectivity index (χ4n) is 4.74. The molecular formula is C27H30N6O5. The Morgan fingerprint density at radius 1 is 1.13 bits per heavy atom. The number of nitrogens with zero attached hydrogens (tertiary/aromatic N) is 5. The van der Waals surface area contributed by atoms with Crippen LogP contribution in [0.25, 0.3) is 10.9 Å². The van der Waals surface area contributed by atoms with Crippen molar-refractivity contribution in [2.75, 3.05) is 13.4 Å². The van der Waals surface area contributed by atoms with Crippen LogP contribution in [0, 0.1) is 6.92 Å². The highest BCUT2D eigenvalue weighted by molar-refractivity contribution is 5.79. The molecule has 0 amide bonds. The molecule has 0 spiro atoms. The summed E-state index contributed by atoms with van der Waals surface area (Å²) in [5.41, 5.74) is 3.31. The minimum Gasteiger partial charge on any atom is -0.465 e. The second-order valence-corrected chi connectivity index (χ2v) is 9.23. The van der Waals surface area contributed by atoms with Crippen LogP contribution >= 0.6 is 0 Å². The highest BCUT2D eigenvalue weighted by Crippen LogP contribution is 2.34. The molecule has 198 valence electrons. The number of carbonyl (C=O) groups excluding carboxylic acids is 1. The molecule has 1 aliphatic rings. The molecule has 0 fully saturated rings. The van der Waals surface area contributed by atoms with Gasteiger partial charge in [0.2, 0.25) is 6.79 Å². The van der Waals surface area contributed by atoms with Crippen molar-refractivity contribution in [1.82, 2.24) is 30.1 Å². The summed E-state index contributed by atoms with van der Waals surface area (Å²) in [7, 11) is 0. The van der Waals surface area contributed by atoms with E-state index in [0.29, 0.717) is 42.4 Å². The minimum atomic E-state index is -0.417. The van der Waals surface area contributed by atoms with Crippen molar-refractivity contribution in [2.45, 2.75) is 52.9 Å². The zero-order valence-electron chi connectivity index (χ0n) is 21.6. The number of ether oxygens (including phenoxy) is 3. The van der Waals surface area contributed by atoms with Gasteiger partial charge in [-0.1, -0.05) is 25.1 Å². The summed E-state index contributed by atoms with van der Waals surface area (Å²) in [6.45, 7) is 6.94. The largest absolute Gasteiger partial charge is 0.465 e. The van der Waals surface area contributed by atoms with Crippen molar-refractivity contribution in [1.29, 1.82) is 0 Å². The van der Waals surface area contributed by atoms with Gasteiger partial charge in [-0.25, -0.2) is 4.68 Å². The van der Waals surface area contributed by atoms with E-state index in [2.05, 4.69) is 25.4 Å². The number of esters is 1. The normalized spacial score (nSPS) is 13.3. The SMILES string of the molecule is CCOC(=O)Cn1nnnc1C(CC)N(Cc1ccc2c(c1)OCO2)Cc1cc2ccc(C)cc2[nH]c1=O. The number of nitrogens with one attached hydrogen (secondary N) is 1. The Balaban J connectivity index is 1.51. The van der Waals surface area contributed by atoms with Crippen LogP contribution in [0.2, 0.25) is 0 Å². The average molecular weight is 519 g/mol. The molecule has 0 saturated carbocycles. The zero-order chi connectivity index (χ0) is 26.6. The predicted octanol–water partition coefficient (Wildman–Crippen LogP) is 3.27. The van der Waals surface area contributed by atoms with Crippen LogP contribution in [-0.4, -0.2) is 49.5 Å². The van der Waals surface area contributed by atoms with Crippen molar-refractivity contribution >= 4 is 16.9 Å². The van der Waals surface area contributed by atoms with Gasteiger partial charge in [-0.05, 0) is 71.5 Å². The molecule has 38 heavy (non-hydrogen) atoms. The van der Waals surface area contributed by atoms with E-state index in [9.17, 15) is 9.59 Å². The molecule has 5 rings (SSSR count). The molecule has 2 aromatic heterocycles. The van der Waals surface area contributed by atoms with E-state index in [1.807, 2.05) is 56.3 Å². The summed E-state index contributed by atoms with van der Waals surface area (Å²) in [6.07, 6.45) is 0.637. The van der Waals surface area contributed by atoms with Crippen molar-refractivity contribution in [3.63, 3.8) is 0 Å². The Kier molecular flexibility index (Phi) is 7.36. The van der Waals surface area contributed by atoms with Crippen LogP contribution < -0.4 is 15.0 Å². The maximum Gasteiger partial charge on any atom is 0.327 e. The monoisotopic (exact) mass is 518 g/mol. The molecule has 11 nitrogen and oxygen atoms in total. The van der Waals surface area contributed by atoms with Crippen LogP contribution in [0.15, 0.2) is 47.3 Å². The van der Waals surface area contributed by atoms with Crippen LogP contribution in [-0.2, 0) is 29.2 Å². The second-order valence-electron chi connectivity index (χ2n) is 9.23. The average Bonchev–Trinajstić information content (AvgIpc) is 3.54. The molecular weight excluding hydrogens is 488 g/mol. The lowest BCUT2D eigenvalue weighted by Crippen LogP contribution is -2.33. The van der Waals surface area contributed by atoms with Crippen molar-refractivity contribution < 1.29 is 19.0 Å². The second kappa shape index (κ2) is 11.0. The summed E-state index contributed by atoms with van der Waals surface area (Å²) in [5.74, 6) is 1.49. The standard InChI is InChI=1S/C27H30N6O5/c1-4-22(26-29-30-31-33(26)15-25(34)36-5-2)32(13-18-7-9-23-24(11-18)38-16-37-23)14-20-12-19-8-6-17(3)10-21(19)28-27(20)35/h6-12,22H,4-5,13-16H2,1-3H3,(H,28,35). The number of carbonyl (C=O) groups is 1. The van der Waals surface area contributed by atoms with Gasteiger partial charge in [0, 0.05) is 24.2 Å². The first kappa shape index (κ1) is 25.4. The number of benzene rings is 2. The molecule has 11 heteroatoms. The molecule has 0 aliphatic carbocycles. The summed E-state index contributed by atoms with van der Waals surface area (Å²) < 4.78 is 17.6. The summed E-state index contributed by atoms with van der Waals surface area (Å²) in [4.78, 5) is 30.5. The Hall–Kier alpha value is -4.25. The maximum absolute atomic E-state index is 13.1. The van der Waals surface area contributed by atoms with E-state index in [4.69, 9.17) is 14.2 Å². The molecule has 0 bridgehead atoms. The number of tetrazole rings is 1. The van der Waals surface area contributed by atoms with Crippen LogP contribution in [0.3, 0.4) is 0 Å². The Morgan fingerprint density at radius 2 is 1.97 bits per heavy atom. The zero-order valence-corrected chi connectivity index (χ0v) is 21.6. The molecule has 4 aromatic rings. The number of aromatic nitrogens is 5. The Bertz CT molecular complexity index is 1510. The molecule has 2 aromatic carbocycles. The van der Waals surface area contributed by atoms with Crippen LogP contribution in [0.1, 0.15) is 48.8 Å². The minimum absolute atomic E-state index is 0.0968. The summed E-state index contributed by atoms with van der Waals surface area (Å²) >= 11 is 0. The van der Waals surface area contributed by atoms with Gasteiger partial charge < -0.3 is 19.2 Å². The number of aromatic amines is 1. The van der Waals surface area contributed by atoms with Gasteiger partial charge in [0.15, 0.2) is 17.3 Å². The number of pyridine rings is 1. The number of hydrogen-bond donors (Lipinski definition) is 1. The van der Waals surface area contributed by atoms with Gasteiger partial charge >= 0.3 is 5.97 Å². The third-order valence-corrected chi connectivity index (χ3v) is 6.54. The fourth-order valence-corrected chi connectivity index (χ4v) is 4.74. The highest BCUT2D eigenvalue weighted by Gasteiger charge is 2.27. The highest BCUT2D eigenvalue weighted by atomic mass is 16.7. The van der Waals surface area contributed by atoms with E-state index < -0.39 is 5.97 Å². The van der Waals surface area contributed by atoms with E-state index in [1.54, 1.807) is 6.92 Å². The van der Waals surface area contributed by atoms with E-state index in [0.717, 1.165) is 22.0 Å². The molecule has 1 N–H and O–H groups in total. The van der Waals surface area contributed by atoms with Gasteiger partial charge in [-0.3, -0.25) is 14.5 Å². The number of H-pyrrole nitrogens is 1. The first-order valence-corrected chi connectivity index (χ1v) is 12.6. The van der Waals surface area contributed by atoms with E-state index in [-0.39, 0.29) is 31.5 Å². The van der Waals surface area contributed by atoms with E-state index in [1.165, 1.54) is 4.68 Å². The van der Waals surface area contributed by atoms with Crippen molar-refractivity contribution in [2.24, 2.45) is 0 Å². The van der Waals surface area contributed by atoms with Crippen LogP contribution in [0.4, 0.5) is 0 Å². The molecule has 3 heterocycles. The quantitative estimate of drug-likeness (QED) is 0.315. The lowest BCUT2D eigenvalue weighted by Gasteiger charge is -2.30. The Labute approximate surface area is 219 Å². The predicted molar refractivity (Wildman–Crippen MR) is 139 cm³/mol. The summed E-state index contributed by atoms with van der Waals surface area (Å²) in [6, 6.07) is 13.4. The number of hydrogen-bond acceptors (Lipinski definition) is 9. The topological polar surface area (TPSA) is 124 Å². The van der Waals surface area contributed by atoms with Gasteiger partial charge in [0.05, 0.1) is 12.6 Å². The molecule has 0 saturated heterocycles. The molecule has 1 aliphatic heterocycles. The van der Waals surface area contributed by atoms with Crippen molar-refractivity contribution in [3.05, 3.63) is 75.3 Å². The van der Waals surface area contributed by atoms with Gasteiger partial charge in [0.25, 0.3) is 5.56 Å². The Morgan fingerprint density at radius 3 is 2.79 bits per heavy atom. The lowest BCUT2D eigenvalue weighted by atomic mass is 10.1. The molecule has 0 radical (unpaired) electrons. The number of fused-ring (bicyclic) bond motifs is 2. The van der Waals surface area contributed by atoms with Gasteiger partial charge in [0.1, 0.15) is 6.54 Å². The third kappa shape index (κ3) is 5.37. The lowest BCUT2D eigenvalue weighted by molar-refractivity contribution is -0.144. The number of aryl methyl sites for hydroxylation is 1. The van der Waals surface area contributed by atoms with Crippen molar-refractivity contribution in [3.8, 4) is 11.5 Å². The van der Waals surface area contributed by atoms with E-state index >= 15 is 0 Å². The first-order chi connectivity index (χ1) is 18.4. The molecule has 1 unspecified atom stereocenters.